The maximum Gasteiger partial charge on any atom is 0.331 e. The Bertz CT molecular complexity index is 517. The van der Waals surface area contributed by atoms with Crippen LogP contribution in [0, 0.1) is 11.3 Å². The highest BCUT2D eigenvalue weighted by Crippen LogP contribution is 2.08. The van der Waals surface area contributed by atoms with Crippen LogP contribution in [0.4, 0.5) is 0 Å². The van der Waals surface area contributed by atoms with E-state index in [0.717, 1.165) is 5.56 Å². The van der Waals surface area contributed by atoms with Gasteiger partial charge in [-0.3, -0.25) is 4.79 Å². The number of esters is 1. The summed E-state index contributed by atoms with van der Waals surface area (Å²) in [5, 5.41) is 12.3. The van der Waals surface area contributed by atoms with E-state index in [4.69, 9.17) is 10.00 Å². The van der Waals surface area contributed by atoms with Gasteiger partial charge >= 0.3 is 5.97 Å². The molecule has 0 spiro atoms. The van der Waals surface area contributed by atoms with E-state index >= 15 is 0 Å². The van der Waals surface area contributed by atoms with Gasteiger partial charge in [0.05, 0.1) is 12.5 Å². The number of nitriles is 1. The van der Waals surface area contributed by atoms with Gasteiger partial charge in [-0.1, -0.05) is 0 Å². The number of carbonyl (C=O) groups excluding carboxylic acids is 2. The largest absolute Gasteiger partial charge is 0.449 e. The van der Waals surface area contributed by atoms with Crippen LogP contribution in [0.15, 0.2) is 22.9 Å². The normalized spacial score (nSPS) is 11.8. The lowest BCUT2D eigenvalue weighted by Crippen LogP contribution is -2.37. The number of thiophene rings is 1. The zero-order chi connectivity index (χ0) is 15.0. The molecule has 0 aromatic carbocycles. The lowest BCUT2D eigenvalue weighted by atomic mass is 10.3. The summed E-state index contributed by atoms with van der Waals surface area (Å²) in [6.45, 7) is 1.84. The Morgan fingerprint density at radius 3 is 2.95 bits per heavy atom. The third kappa shape index (κ3) is 5.24. The summed E-state index contributed by atoms with van der Waals surface area (Å²) < 4.78 is 5.02. The monoisotopic (exact) mass is 292 g/mol. The van der Waals surface area contributed by atoms with Crippen LogP contribution < -0.4 is 0 Å². The van der Waals surface area contributed by atoms with E-state index in [9.17, 15) is 9.59 Å². The Labute approximate surface area is 122 Å². The molecule has 0 N–H and O–H groups in total. The minimum absolute atomic E-state index is 0.251. The summed E-state index contributed by atoms with van der Waals surface area (Å²) in [5.74, 6) is -0.886. The minimum atomic E-state index is -0.863. The molecule has 1 heterocycles. The first-order valence-corrected chi connectivity index (χ1v) is 7.01. The first-order chi connectivity index (χ1) is 9.54. The zero-order valence-corrected chi connectivity index (χ0v) is 12.2. The fourth-order valence-corrected chi connectivity index (χ4v) is 2.06. The summed E-state index contributed by atoms with van der Waals surface area (Å²) in [6, 6.07) is 3.83. The third-order valence-corrected chi connectivity index (χ3v) is 3.23. The number of hydrogen-bond donors (Lipinski definition) is 0. The second-order valence-electron chi connectivity index (χ2n) is 4.14. The molecule has 1 rings (SSSR count). The van der Waals surface area contributed by atoms with Crippen molar-refractivity contribution in [1.29, 1.82) is 5.26 Å². The fraction of sp³-hybridized carbons (Fsp3) is 0.357. The molecule has 0 radical (unpaired) electrons. The van der Waals surface area contributed by atoms with Crippen molar-refractivity contribution >= 4 is 29.3 Å². The highest BCUT2D eigenvalue weighted by molar-refractivity contribution is 7.08. The fourth-order valence-electron chi connectivity index (χ4n) is 1.44. The van der Waals surface area contributed by atoms with Crippen molar-refractivity contribution in [1.82, 2.24) is 4.90 Å². The van der Waals surface area contributed by atoms with Gasteiger partial charge in [0, 0.05) is 19.7 Å². The molecule has 1 amide bonds. The SMILES string of the molecule is C[C@@H](OC(=O)/C=C/c1ccsc1)C(=O)N(C)CCC#N. The molecule has 0 aliphatic rings. The van der Waals surface area contributed by atoms with Crippen molar-refractivity contribution in [2.24, 2.45) is 0 Å². The van der Waals surface area contributed by atoms with Gasteiger partial charge < -0.3 is 9.64 Å². The van der Waals surface area contributed by atoms with E-state index in [1.807, 2.05) is 22.9 Å². The average Bonchev–Trinajstić information content (AvgIpc) is 2.94. The molecule has 20 heavy (non-hydrogen) atoms. The molecule has 0 saturated heterocycles. The molecule has 0 bridgehead atoms. The minimum Gasteiger partial charge on any atom is -0.449 e. The summed E-state index contributed by atoms with van der Waals surface area (Å²) in [4.78, 5) is 24.8. The Hall–Kier alpha value is -2.13. The predicted molar refractivity (Wildman–Crippen MR) is 76.8 cm³/mol. The molecule has 1 aromatic heterocycles. The molecular formula is C14H16N2O3S. The van der Waals surface area contributed by atoms with Gasteiger partial charge in [-0.2, -0.15) is 16.6 Å². The first kappa shape index (κ1) is 15.9. The van der Waals surface area contributed by atoms with E-state index < -0.39 is 12.1 Å². The molecule has 106 valence electrons. The average molecular weight is 292 g/mol. The van der Waals surface area contributed by atoms with Crippen LogP contribution in [0.2, 0.25) is 0 Å². The highest BCUT2D eigenvalue weighted by Gasteiger charge is 2.20. The predicted octanol–water partition coefficient (Wildman–Crippen LogP) is 2.07. The molecule has 6 heteroatoms. The number of ether oxygens (including phenoxy) is 1. The molecular weight excluding hydrogens is 276 g/mol. The Balaban J connectivity index is 2.45. The number of hydrogen-bond acceptors (Lipinski definition) is 5. The van der Waals surface area contributed by atoms with Gasteiger partial charge in [-0.15, -0.1) is 0 Å². The molecule has 1 aromatic rings. The molecule has 0 aliphatic carbocycles. The van der Waals surface area contributed by atoms with Crippen molar-refractivity contribution in [2.75, 3.05) is 13.6 Å². The maximum atomic E-state index is 11.8. The van der Waals surface area contributed by atoms with Gasteiger partial charge in [0.15, 0.2) is 6.10 Å². The van der Waals surface area contributed by atoms with Crippen LogP contribution in [0.3, 0.4) is 0 Å². The molecule has 5 nitrogen and oxygen atoms in total. The smallest absolute Gasteiger partial charge is 0.331 e. The van der Waals surface area contributed by atoms with E-state index in [1.165, 1.54) is 29.2 Å². The maximum absolute atomic E-state index is 11.8. The van der Waals surface area contributed by atoms with Gasteiger partial charge in [-0.05, 0) is 35.4 Å². The number of rotatable bonds is 6. The van der Waals surface area contributed by atoms with E-state index in [2.05, 4.69) is 0 Å². The Morgan fingerprint density at radius 1 is 1.60 bits per heavy atom. The lowest BCUT2D eigenvalue weighted by molar-refractivity contribution is -0.154. The van der Waals surface area contributed by atoms with Gasteiger partial charge in [-0.25, -0.2) is 4.79 Å². The highest BCUT2D eigenvalue weighted by atomic mass is 32.1. The number of likely N-dealkylation sites (N-methyl/N-ethyl adjacent to an activating group) is 1. The summed E-state index contributed by atoms with van der Waals surface area (Å²) >= 11 is 1.53. The Kier molecular flexibility index (Phi) is 6.47. The van der Waals surface area contributed by atoms with Crippen molar-refractivity contribution < 1.29 is 14.3 Å². The summed E-state index contributed by atoms with van der Waals surface area (Å²) in [6.07, 6.45) is 2.32. The van der Waals surface area contributed by atoms with Crippen LogP contribution in [0.1, 0.15) is 18.9 Å². The van der Waals surface area contributed by atoms with Crippen molar-refractivity contribution in [3.63, 3.8) is 0 Å². The van der Waals surface area contributed by atoms with Crippen molar-refractivity contribution in [3.8, 4) is 6.07 Å². The molecule has 0 fully saturated rings. The van der Waals surface area contributed by atoms with Crippen LogP contribution in [0.25, 0.3) is 6.08 Å². The van der Waals surface area contributed by atoms with E-state index in [1.54, 1.807) is 13.1 Å². The number of carbonyl (C=O) groups is 2. The van der Waals surface area contributed by atoms with Crippen molar-refractivity contribution in [3.05, 3.63) is 28.5 Å². The standard InChI is InChI=1S/C14H16N2O3S/c1-11(14(18)16(2)8-3-7-15)19-13(17)5-4-12-6-9-20-10-12/h4-6,9-11H,3,8H2,1-2H3/b5-4+/t11-/m1/s1. The lowest BCUT2D eigenvalue weighted by Gasteiger charge is -2.19. The second kappa shape index (κ2) is 8.12. The van der Waals surface area contributed by atoms with Crippen LogP contribution in [-0.2, 0) is 14.3 Å². The molecule has 0 unspecified atom stereocenters. The van der Waals surface area contributed by atoms with E-state index in [0.29, 0.717) is 6.54 Å². The molecule has 0 aliphatic heterocycles. The Morgan fingerprint density at radius 2 is 2.35 bits per heavy atom. The third-order valence-electron chi connectivity index (χ3n) is 2.53. The number of nitrogens with zero attached hydrogens (tertiary/aromatic N) is 2. The van der Waals surface area contributed by atoms with Crippen LogP contribution in [0.5, 0.6) is 0 Å². The van der Waals surface area contributed by atoms with Gasteiger partial charge in [0.2, 0.25) is 0 Å². The van der Waals surface area contributed by atoms with Crippen LogP contribution in [-0.4, -0.2) is 36.5 Å². The van der Waals surface area contributed by atoms with Crippen LogP contribution >= 0.6 is 11.3 Å². The topological polar surface area (TPSA) is 70.4 Å². The quantitative estimate of drug-likeness (QED) is 0.594. The summed E-state index contributed by atoms with van der Waals surface area (Å²) in [7, 11) is 1.57. The van der Waals surface area contributed by atoms with Crippen molar-refractivity contribution in [2.45, 2.75) is 19.4 Å². The zero-order valence-electron chi connectivity index (χ0n) is 11.4. The molecule has 0 saturated carbocycles. The summed E-state index contributed by atoms with van der Waals surface area (Å²) in [5.41, 5.74) is 0.914. The molecule has 1 atom stereocenters. The van der Waals surface area contributed by atoms with E-state index in [-0.39, 0.29) is 12.3 Å². The number of amides is 1. The first-order valence-electron chi connectivity index (χ1n) is 6.07. The second-order valence-corrected chi connectivity index (χ2v) is 4.92. The van der Waals surface area contributed by atoms with Gasteiger partial charge in [0.1, 0.15) is 0 Å². The van der Waals surface area contributed by atoms with Gasteiger partial charge in [0.25, 0.3) is 5.91 Å².